The number of ether oxygens (including phenoxy) is 1. The lowest BCUT2D eigenvalue weighted by atomic mass is 10.1. The van der Waals surface area contributed by atoms with E-state index < -0.39 is 0 Å². The van der Waals surface area contributed by atoms with E-state index >= 15 is 0 Å². The van der Waals surface area contributed by atoms with Gasteiger partial charge in [0.25, 0.3) is 5.91 Å². The second-order valence-electron chi connectivity index (χ2n) is 5.32. The number of anilines is 1. The lowest BCUT2D eigenvalue weighted by Crippen LogP contribution is -2.14. The fraction of sp³-hybridized carbons (Fsp3) is 0.0500. The smallest absolute Gasteiger partial charge is 0.256 e. The average molecular weight is 321 g/mol. The number of benzene rings is 3. The molecular formula is C20H16FNO2. The van der Waals surface area contributed by atoms with E-state index in [2.05, 4.69) is 5.32 Å². The third-order valence-corrected chi connectivity index (χ3v) is 3.54. The molecule has 0 aliphatic rings. The Kier molecular flexibility index (Phi) is 4.57. The van der Waals surface area contributed by atoms with Crippen molar-refractivity contribution in [2.75, 3.05) is 5.32 Å². The highest BCUT2D eigenvalue weighted by atomic mass is 19.1. The summed E-state index contributed by atoms with van der Waals surface area (Å²) in [6, 6.07) is 20.6. The summed E-state index contributed by atoms with van der Waals surface area (Å²) in [5.74, 6) is 0.544. The van der Waals surface area contributed by atoms with Gasteiger partial charge < -0.3 is 10.1 Å². The van der Waals surface area contributed by atoms with Crippen LogP contribution in [0.2, 0.25) is 0 Å². The molecule has 1 N–H and O–H groups in total. The molecule has 3 rings (SSSR count). The molecule has 4 heteroatoms. The van der Waals surface area contributed by atoms with Gasteiger partial charge in [-0.2, -0.15) is 0 Å². The van der Waals surface area contributed by atoms with Crippen LogP contribution < -0.4 is 10.1 Å². The van der Waals surface area contributed by atoms with Crippen molar-refractivity contribution in [1.82, 2.24) is 0 Å². The van der Waals surface area contributed by atoms with E-state index in [1.54, 1.807) is 19.1 Å². The number of halogens is 1. The van der Waals surface area contributed by atoms with Crippen LogP contribution in [0.3, 0.4) is 0 Å². The van der Waals surface area contributed by atoms with E-state index in [9.17, 15) is 9.18 Å². The van der Waals surface area contributed by atoms with Gasteiger partial charge in [-0.15, -0.1) is 0 Å². The SMILES string of the molecule is Cc1cc(F)ccc1C(=O)Nc1ccccc1Oc1ccccc1. The molecule has 0 heterocycles. The van der Waals surface area contributed by atoms with E-state index in [1.807, 2.05) is 42.5 Å². The molecule has 0 radical (unpaired) electrons. The fourth-order valence-corrected chi connectivity index (χ4v) is 2.35. The largest absolute Gasteiger partial charge is 0.455 e. The molecule has 3 aromatic carbocycles. The summed E-state index contributed by atoms with van der Waals surface area (Å²) in [4.78, 5) is 12.5. The van der Waals surface area contributed by atoms with Crippen molar-refractivity contribution in [3.63, 3.8) is 0 Å². The highest BCUT2D eigenvalue weighted by Gasteiger charge is 2.13. The van der Waals surface area contributed by atoms with E-state index in [4.69, 9.17) is 4.74 Å². The number of amides is 1. The first-order valence-corrected chi connectivity index (χ1v) is 7.53. The zero-order chi connectivity index (χ0) is 16.9. The molecule has 0 aromatic heterocycles. The number of aryl methyl sites for hydroxylation is 1. The van der Waals surface area contributed by atoms with Crippen molar-refractivity contribution in [3.05, 3.63) is 89.7 Å². The minimum Gasteiger partial charge on any atom is -0.455 e. The minimum absolute atomic E-state index is 0.309. The van der Waals surface area contributed by atoms with Gasteiger partial charge in [0, 0.05) is 5.56 Å². The van der Waals surface area contributed by atoms with Gasteiger partial charge in [-0.1, -0.05) is 30.3 Å². The van der Waals surface area contributed by atoms with Gasteiger partial charge >= 0.3 is 0 Å². The molecular weight excluding hydrogens is 305 g/mol. The maximum atomic E-state index is 13.2. The number of para-hydroxylation sites is 3. The van der Waals surface area contributed by atoms with Crippen LogP contribution in [0.1, 0.15) is 15.9 Å². The van der Waals surface area contributed by atoms with Crippen LogP contribution in [0.15, 0.2) is 72.8 Å². The molecule has 0 unspecified atom stereocenters. The Balaban J connectivity index is 1.84. The van der Waals surface area contributed by atoms with Crippen LogP contribution >= 0.6 is 0 Å². The van der Waals surface area contributed by atoms with E-state index in [1.165, 1.54) is 18.2 Å². The standard InChI is InChI=1S/C20H16FNO2/c1-14-13-15(21)11-12-17(14)20(23)22-18-9-5-6-10-19(18)24-16-7-3-2-4-8-16/h2-13H,1H3,(H,22,23). The summed E-state index contributed by atoms with van der Waals surface area (Å²) in [6.45, 7) is 1.70. The van der Waals surface area contributed by atoms with Gasteiger partial charge in [0.2, 0.25) is 0 Å². The minimum atomic E-state index is -0.364. The summed E-state index contributed by atoms with van der Waals surface area (Å²) in [5, 5.41) is 2.82. The summed E-state index contributed by atoms with van der Waals surface area (Å²) < 4.78 is 19.0. The third kappa shape index (κ3) is 3.60. The number of hydrogen-bond donors (Lipinski definition) is 1. The average Bonchev–Trinajstić information content (AvgIpc) is 2.57. The first-order valence-electron chi connectivity index (χ1n) is 7.53. The van der Waals surface area contributed by atoms with Crippen molar-refractivity contribution in [2.45, 2.75) is 6.92 Å². The number of carbonyl (C=O) groups is 1. The number of hydrogen-bond acceptors (Lipinski definition) is 2. The number of carbonyl (C=O) groups excluding carboxylic acids is 1. The van der Waals surface area contributed by atoms with Gasteiger partial charge in [0.15, 0.2) is 5.75 Å². The van der Waals surface area contributed by atoms with Gasteiger partial charge in [-0.05, 0) is 55.0 Å². The van der Waals surface area contributed by atoms with Crippen LogP contribution in [0.25, 0.3) is 0 Å². The van der Waals surface area contributed by atoms with Gasteiger partial charge in [-0.3, -0.25) is 4.79 Å². The molecule has 3 aromatic rings. The number of rotatable bonds is 4. The molecule has 3 nitrogen and oxygen atoms in total. The highest BCUT2D eigenvalue weighted by molar-refractivity contribution is 6.06. The fourth-order valence-electron chi connectivity index (χ4n) is 2.35. The second kappa shape index (κ2) is 6.96. The lowest BCUT2D eigenvalue weighted by molar-refractivity contribution is 0.102. The van der Waals surface area contributed by atoms with Gasteiger partial charge in [0.1, 0.15) is 11.6 Å². The maximum Gasteiger partial charge on any atom is 0.256 e. The van der Waals surface area contributed by atoms with Crippen LogP contribution in [0, 0.1) is 12.7 Å². The van der Waals surface area contributed by atoms with Crippen molar-refractivity contribution < 1.29 is 13.9 Å². The van der Waals surface area contributed by atoms with Crippen LogP contribution in [-0.2, 0) is 0 Å². The Hall–Kier alpha value is -3.14. The first kappa shape index (κ1) is 15.7. The predicted molar refractivity (Wildman–Crippen MR) is 92.0 cm³/mol. The Morgan fingerprint density at radius 3 is 2.42 bits per heavy atom. The van der Waals surface area contributed by atoms with E-state index in [0.29, 0.717) is 28.3 Å². The lowest BCUT2D eigenvalue weighted by Gasteiger charge is -2.13. The Bertz CT molecular complexity index is 863. The van der Waals surface area contributed by atoms with E-state index in [-0.39, 0.29) is 11.7 Å². The Morgan fingerprint density at radius 1 is 0.958 bits per heavy atom. The maximum absolute atomic E-state index is 13.2. The van der Waals surface area contributed by atoms with Gasteiger partial charge in [0.05, 0.1) is 5.69 Å². The summed E-state index contributed by atoms with van der Waals surface area (Å²) >= 11 is 0. The van der Waals surface area contributed by atoms with Crippen molar-refractivity contribution >= 4 is 11.6 Å². The molecule has 0 fully saturated rings. The molecule has 0 saturated carbocycles. The molecule has 1 amide bonds. The van der Waals surface area contributed by atoms with Crippen molar-refractivity contribution in [1.29, 1.82) is 0 Å². The molecule has 24 heavy (non-hydrogen) atoms. The van der Waals surface area contributed by atoms with Crippen LogP contribution in [-0.4, -0.2) is 5.91 Å². The van der Waals surface area contributed by atoms with Gasteiger partial charge in [-0.25, -0.2) is 4.39 Å². The number of nitrogens with one attached hydrogen (secondary N) is 1. The van der Waals surface area contributed by atoms with Crippen LogP contribution in [0.5, 0.6) is 11.5 Å². The summed E-state index contributed by atoms with van der Waals surface area (Å²) in [6.07, 6.45) is 0. The van der Waals surface area contributed by atoms with E-state index in [0.717, 1.165) is 0 Å². The molecule has 0 spiro atoms. The Labute approximate surface area is 139 Å². The molecule has 0 bridgehead atoms. The molecule has 120 valence electrons. The monoisotopic (exact) mass is 321 g/mol. The zero-order valence-corrected chi connectivity index (χ0v) is 13.1. The molecule has 0 aliphatic carbocycles. The first-order chi connectivity index (χ1) is 11.6. The van der Waals surface area contributed by atoms with Crippen LogP contribution in [0.4, 0.5) is 10.1 Å². The Morgan fingerprint density at radius 2 is 1.67 bits per heavy atom. The third-order valence-electron chi connectivity index (χ3n) is 3.54. The predicted octanol–water partition coefficient (Wildman–Crippen LogP) is 5.18. The zero-order valence-electron chi connectivity index (χ0n) is 13.1. The topological polar surface area (TPSA) is 38.3 Å². The molecule has 0 aliphatic heterocycles. The second-order valence-corrected chi connectivity index (χ2v) is 5.32. The summed E-state index contributed by atoms with van der Waals surface area (Å²) in [5.41, 5.74) is 1.55. The summed E-state index contributed by atoms with van der Waals surface area (Å²) in [7, 11) is 0. The molecule has 0 atom stereocenters. The van der Waals surface area contributed by atoms with Crippen molar-refractivity contribution in [3.8, 4) is 11.5 Å². The quantitative estimate of drug-likeness (QED) is 0.719. The van der Waals surface area contributed by atoms with Crippen molar-refractivity contribution in [2.24, 2.45) is 0 Å². The normalized spacial score (nSPS) is 10.2. The molecule has 0 saturated heterocycles. The highest BCUT2D eigenvalue weighted by Crippen LogP contribution is 2.29.